The minimum absolute atomic E-state index is 0.0768. The quantitative estimate of drug-likeness (QED) is 0.606. The number of rotatable bonds is 6. The summed E-state index contributed by atoms with van der Waals surface area (Å²) in [7, 11) is 1.58. The fourth-order valence-corrected chi connectivity index (χ4v) is 1.90. The monoisotopic (exact) mass is 318 g/mol. The van der Waals surface area contributed by atoms with Gasteiger partial charge in [0, 0.05) is 24.7 Å². The van der Waals surface area contributed by atoms with Crippen molar-refractivity contribution in [3.8, 4) is 5.75 Å². The van der Waals surface area contributed by atoms with E-state index in [4.69, 9.17) is 4.74 Å². The summed E-state index contributed by atoms with van der Waals surface area (Å²) in [6, 6.07) is 11.4. The molecule has 6 nitrogen and oxygen atoms in total. The molecule has 7 heteroatoms. The second-order valence-corrected chi connectivity index (χ2v) is 4.81. The van der Waals surface area contributed by atoms with Crippen LogP contribution in [0.3, 0.4) is 0 Å². The third-order valence-electron chi connectivity index (χ3n) is 3.19. The van der Waals surface area contributed by atoms with Crippen molar-refractivity contribution in [1.29, 1.82) is 0 Å². The summed E-state index contributed by atoms with van der Waals surface area (Å²) in [5.74, 6) is -0.627. The smallest absolute Gasteiger partial charge is 0.269 e. The fraction of sp³-hybridized carbons (Fsp3) is 0.188. The number of nitrogens with zero attached hydrogens (tertiary/aromatic N) is 2. The Morgan fingerprint density at radius 2 is 1.87 bits per heavy atom. The predicted octanol–water partition coefficient (Wildman–Crippen LogP) is 2.88. The standard InChI is InChI=1S/C16H15FN2O4/c1-18(10-11-23-15-5-3-2-4-14(15)17)16(20)12-6-8-13(9-7-12)19(21)22/h2-9H,10-11H2,1H3. The maximum Gasteiger partial charge on any atom is 0.269 e. The molecule has 0 spiro atoms. The van der Waals surface area contributed by atoms with Gasteiger partial charge < -0.3 is 9.64 Å². The molecule has 0 N–H and O–H groups in total. The van der Waals surface area contributed by atoms with Crippen molar-refractivity contribution in [2.75, 3.05) is 20.2 Å². The molecule has 1 amide bonds. The van der Waals surface area contributed by atoms with Gasteiger partial charge in [0.1, 0.15) is 6.61 Å². The van der Waals surface area contributed by atoms with Crippen LogP contribution in [0.25, 0.3) is 0 Å². The van der Waals surface area contributed by atoms with Crippen LogP contribution < -0.4 is 4.74 Å². The van der Waals surface area contributed by atoms with Gasteiger partial charge in [-0.2, -0.15) is 0 Å². The minimum atomic E-state index is -0.528. The van der Waals surface area contributed by atoms with Gasteiger partial charge in [0.05, 0.1) is 11.5 Å². The normalized spacial score (nSPS) is 10.2. The lowest BCUT2D eigenvalue weighted by atomic mass is 10.2. The Labute approximate surface area is 132 Å². The van der Waals surface area contributed by atoms with Gasteiger partial charge in [-0.1, -0.05) is 12.1 Å². The molecule has 120 valence electrons. The summed E-state index contributed by atoms with van der Waals surface area (Å²) in [6.07, 6.45) is 0. The number of carbonyl (C=O) groups is 1. The van der Waals surface area contributed by atoms with E-state index in [1.165, 1.54) is 41.3 Å². The van der Waals surface area contributed by atoms with Crippen molar-refractivity contribution in [2.24, 2.45) is 0 Å². The number of carbonyl (C=O) groups excluding carboxylic acids is 1. The highest BCUT2D eigenvalue weighted by Crippen LogP contribution is 2.16. The molecule has 0 radical (unpaired) electrons. The summed E-state index contributed by atoms with van der Waals surface area (Å²) in [4.78, 5) is 23.6. The van der Waals surface area contributed by atoms with Crippen molar-refractivity contribution in [2.45, 2.75) is 0 Å². The Morgan fingerprint density at radius 1 is 1.22 bits per heavy atom. The maximum absolute atomic E-state index is 13.4. The number of halogens is 1. The number of ether oxygens (including phenoxy) is 1. The van der Waals surface area contributed by atoms with E-state index in [0.29, 0.717) is 5.56 Å². The second-order valence-electron chi connectivity index (χ2n) is 4.81. The Balaban J connectivity index is 1.90. The third kappa shape index (κ3) is 4.26. The molecule has 0 aliphatic rings. The average Bonchev–Trinajstić information content (AvgIpc) is 2.56. The molecule has 0 fully saturated rings. The maximum atomic E-state index is 13.4. The van der Waals surface area contributed by atoms with Gasteiger partial charge in [-0.15, -0.1) is 0 Å². The molecule has 0 saturated heterocycles. The number of nitro benzene ring substituents is 1. The van der Waals surface area contributed by atoms with Crippen LogP contribution in [0.2, 0.25) is 0 Å². The molecule has 0 aromatic heterocycles. The van der Waals surface area contributed by atoms with Gasteiger partial charge in [0.15, 0.2) is 11.6 Å². The number of non-ortho nitro benzene ring substituents is 1. The molecule has 23 heavy (non-hydrogen) atoms. The predicted molar refractivity (Wildman–Crippen MR) is 82.0 cm³/mol. The summed E-state index contributed by atoms with van der Waals surface area (Å²) >= 11 is 0. The fourth-order valence-electron chi connectivity index (χ4n) is 1.90. The summed E-state index contributed by atoms with van der Waals surface area (Å²) < 4.78 is 18.7. The van der Waals surface area contributed by atoms with Crippen LogP contribution in [-0.4, -0.2) is 35.9 Å². The van der Waals surface area contributed by atoms with E-state index in [0.717, 1.165) is 0 Å². The highest BCUT2D eigenvalue weighted by Gasteiger charge is 2.13. The SMILES string of the molecule is CN(CCOc1ccccc1F)C(=O)c1ccc([N+](=O)[O-])cc1. The largest absolute Gasteiger partial charge is 0.489 e. The van der Waals surface area contributed by atoms with Crippen molar-refractivity contribution in [1.82, 2.24) is 4.90 Å². The Kier molecular flexibility index (Phi) is 5.24. The lowest BCUT2D eigenvalue weighted by molar-refractivity contribution is -0.384. The van der Waals surface area contributed by atoms with Crippen LogP contribution in [0, 0.1) is 15.9 Å². The van der Waals surface area contributed by atoms with Gasteiger partial charge in [0.25, 0.3) is 11.6 Å². The molecule has 0 aliphatic carbocycles. The number of amides is 1. The van der Waals surface area contributed by atoms with E-state index in [-0.39, 0.29) is 30.5 Å². The third-order valence-corrected chi connectivity index (χ3v) is 3.19. The van der Waals surface area contributed by atoms with Gasteiger partial charge >= 0.3 is 0 Å². The Bertz CT molecular complexity index is 703. The molecule has 0 heterocycles. The Morgan fingerprint density at radius 3 is 2.48 bits per heavy atom. The van der Waals surface area contributed by atoms with Gasteiger partial charge in [-0.3, -0.25) is 14.9 Å². The zero-order chi connectivity index (χ0) is 16.8. The number of benzene rings is 2. The molecule has 0 atom stereocenters. The number of hydrogen-bond donors (Lipinski definition) is 0. The number of likely N-dealkylation sites (N-methyl/N-ethyl adjacent to an activating group) is 1. The summed E-state index contributed by atoms with van der Waals surface area (Å²) in [6.45, 7) is 0.389. The van der Waals surface area contributed by atoms with E-state index in [1.807, 2.05) is 0 Å². The highest BCUT2D eigenvalue weighted by atomic mass is 19.1. The van der Waals surface area contributed by atoms with E-state index >= 15 is 0 Å². The number of para-hydroxylation sites is 1. The minimum Gasteiger partial charge on any atom is -0.489 e. The highest BCUT2D eigenvalue weighted by molar-refractivity contribution is 5.94. The van der Waals surface area contributed by atoms with Crippen LogP contribution in [0.4, 0.5) is 10.1 Å². The van der Waals surface area contributed by atoms with Crippen molar-refractivity contribution in [3.63, 3.8) is 0 Å². The van der Waals surface area contributed by atoms with E-state index < -0.39 is 10.7 Å². The first-order valence-corrected chi connectivity index (χ1v) is 6.86. The van der Waals surface area contributed by atoms with E-state index in [9.17, 15) is 19.3 Å². The van der Waals surface area contributed by atoms with Crippen molar-refractivity contribution < 1.29 is 18.8 Å². The molecular weight excluding hydrogens is 303 g/mol. The molecule has 0 aliphatic heterocycles. The lowest BCUT2D eigenvalue weighted by Crippen LogP contribution is -2.30. The molecule has 2 rings (SSSR count). The molecule has 0 bridgehead atoms. The van der Waals surface area contributed by atoms with Crippen LogP contribution in [-0.2, 0) is 0 Å². The van der Waals surface area contributed by atoms with Crippen LogP contribution in [0.5, 0.6) is 5.75 Å². The topological polar surface area (TPSA) is 72.7 Å². The molecule has 0 unspecified atom stereocenters. The average molecular weight is 318 g/mol. The van der Waals surface area contributed by atoms with E-state index in [2.05, 4.69) is 0 Å². The second kappa shape index (κ2) is 7.35. The Hall–Kier alpha value is -2.96. The first-order chi connectivity index (χ1) is 11.0. The van der Waals surface area contributed by atoms with Crippen molar-refractivity contribution >= 4 is 11.6 Å². The zero-order valence-electron chi connectivity index (χ0n) is 12.4. The van der Waals surface area contributed by atoms with Crippen LogP contribution in [0.15, 0.2) is 48.5 Å². The number of nitro groups is 1. The van der Waals surface area contributed by atoms with Gasteiger partial charge in [0.2, 0.25) is 0 Å². The lowest BCUT2D eigenvalue weighted by Gasteiger charge is -2.17. The molecule has 2 aromatic rings. The first-order valence-electron chi connectivity index (χ1n) is 6.86. The van der Waals surface area contributed by atoms with E-state index in [1.54, 1.807) is 19.2 Å². The number of hydrogen-bond acceptors (Lipinski definition) is 4. The van der Waals surface area contributed by atoms with Crippen molar-refractivity contribution in [3.05, 3.63) is 70.0 Å². The van der Waals surface area contributed by atoms with Crippen LogP contribution in [0.1, 0.15) is 10.4 Å². The van der Waals surface area contributed by atoms with Crippen LogP contribution >= 0.6 is 0 Å². The summed E-state index contributed by atoms with van der Waals surface area (Å²) in [5, 5.41) is 10.6. The molecule has 0 saturated carbocycles. The summed E-state index contributed by atoms with van der Waals surface area (Å²) in [5.41, 5.74) is 0.260. The molecular formula is C16H15FN2O4. The van der Waals surface area contributed by atoms with Gasteiger partial charge in [-0.05, 0) is 24.3 Å². The first kappa shape index (κ1) is 16.4. The zero-order valence-corrected chi connectivity index (χ0v) is 12.4. The molecule has 2 aromatic carbocycles. The van der Waals surface area contributed by atoms with Gasteiger partial charge in [-0.25, -0.2) is 4.39 Å².